The van der Waals surface area contributed by atoms with Crippen molar-refractivity contribution in [2.45, 2.75) is 11.8 Å². The van der Waals surface area contributed by atoms with Gasteiger partial charge in [0.15, 0.2) is 0 Å². The molecular formula is C17H15NO2S2. The Labute approximate surface area is 134 Å². The maximum atomic E-state index is 12.3. The predicted molar refractivity (Wildman–Crippen MR) is 91.7 cm³/mol. The SMILES string of the molecule is Cc1ccc(S(=O)(=O)Nc2ccc(-c3ccsc3)cc2)cc1. The van der Waals surface area contributed by atoms with Gasteiger partial charge in [-0.2, -0.15) is 11.3 Å². The second kappa shape index (κ2) is 5.94. The average Bonchev–Trinajstić information content (AvgIpc) is 3.02. The van der Waals surface area contributed by atoms with Crippen LogP contribution in [-0.4, -0.2) is 8.42 Å². The number of nitrogens with one attached hydrogen (secondary N) is 1. The van der Waals surface area contributed by atoms with Crippen molar-refractivity contribution in [2.75, 3.05) is 4.72 Å². The van der Waals surface area contributed by atoms with E-state index in [0.29, 0.717) is 5.69 Å². The van der Waals surface area contributed by atoms with Gasteiger partial charge in [-0.15, -0.1) is 0 Å². The van der Waals surface area contributed by atoms with Gasteiger partial charge in [0.05, 0.1) is 4.90 Å². The second-order valence-electron chi connectivity index (χ2n) is 5.01. The highest BCUT2D eigenvalue weighted by Gasteiger charge is 2.13. The quantitative estimate of drug-likeness (QED) is 0.764. The van der Waals surface area contributed by atoms with Crippen molar-refractivity contribution in [3.05, 3.63) is 70.9 Å². The first-order valence-corrected chi connectivity index (χ1v) is 9.19. The lowest BCUT2D eigenvalue weighted by molar-refractivity contribution is 0.601. The van der Waals surface area contributed by atoms with Gasteiger partial charge in [0.2, 0.25) is 0 Å². The van der Waals surface area contributed by atoms with E-state index in [1.54, 1.807) is 47.7 Å². The Morgan fingerprint density at radius 3 is 2.14 bits per heavy atom. The lowest BCUT2D eigenvalue weighted by Gasteiger charge is -2.09. The lowest BCUT2D eigenvalue weighted by Crippen LogP contribution is -2.12. The fraction of sp³-hybridized carbons (Fsp3) is 0.0588. The zero-order valence-corrected chi connectivity index (χ0v) is 13.6. The second-order valence-corrected chi connectivity index (χ2v) is 7.47. The maximum absolute atomic E-state index is 12.3. The van der Waals surface area contributed by atoms with Crippen molar-refractivity contribution < 1.29 is 8.42 Å². The summed E-state index contributed by atoms with van der Waals surface area (Å²) in [6.07, 6.45) is 0. The largest absolute Gasteiger partial charge is 0.280 e. The third kappa shape index (κ3) is 3.21. The van der Waals surface area contributed by atoms with Gasteiger partial charge in [-0.1, -0.05) is 29.8 Å². The van der Waals surface area contributed by atoms with Crippen LogP contribution in [0, 0.1) is 6.92 Å². The molecule has 0 saturated carbocycles. The smallest absolute Gasteiger partial charge is 0.261 e. The van der Waals surface area contributed by atoms with Gasteiger partial charge in [0.25, 0.3) is 10.0 Å². The molecule has 1 N–H and O–H groups in total. The van der Waals surface area contributed by atoms with Crippen LogP contribution in [0.1, 0.15) is 5.56 Å². The third-order valence-corrected chi connectivity index (χ3v) is 5.40. The van der Waals surface area contributed by atoms with Gasteiger partial charge in [0, 0.05) is 5.69 Å². The van der Waals surface area contributed by atoms with Crippen molar-refractivity contribution in [1.82, 2.24) is 0 Å². The number of anilines is 1. The molecule has 1 heterocycles. The predicted octanol–water partition coefficient (Wildman–Crippen LogP) is 4.52. The Morgan fingerprint density at radius 2 is 1.55 bits per heavy atom. The molecule has 5 heteroatoms. The summed E-state index contributed by atoms with van der Waals surface area (Å²) in [4.78, 5) is 0.264. The zero-order chi connectivity index (χ0) is 15.6. The van der Waals surface area contributed by atoms with Gasteiger partial charge >= 0.3 is 0 Å². The van der Waals surface area contributed by atoms with Crippen LogP contribution >= 0.6 is 11.3 Å². The first-order chi connectivity index (χ1) is 10.5. The maximum Gasteiger partial charge on any atom is 0.261 e. The molecule has 0 amide bonds. The van der Waals surface area contributed by atoms with E-state index in [1.165, 1.54) is 0 Å². The minimum atomic E-state index is -3.54. The number of rotatable bonds is 4. The summed E-state index contributed by atoms with van der Waals surface area (Å²) < 4.78 is 27.2. The minimum Gasteiger partial charge on any atom is -0.280 e. The molecule has 22 heavy (non-hydrogen) atoms. The van der Waals surface area contributed by atoms with Gasteiger partial charge in [-0.25, -0.2) is 8.42 Å². The summed E-state index contributed by atoms with van der Waals surface area (Å²) in [7, 11) is -3.54. The molecule has 3 nitrogen and oxygen atoms in total. The molecule has 0 aliphatic heterocycles. The molecule has 0 fully saturated rings. The molecule has 112 valence electrons. The molecule has 0 unspecified atom stereocenters. The van der Waals surface area contributed by atoms with Crippen LogP contribution in [0.5, 0.6) is 0 Å². The van der Waals surface area contributed by atoms with E-state index < -0.39 is 10.0 Å². The van der Waals surface area contributed by atoms with Crippen LogP contribution in [0.4, 0.5) is 5.69 Å². The van der Waals surface area contributed by atoms with Gasteiger partial charge in [0.1, 0.15) is 0 Å². The standard InChI is InChI=1S/C17H15NO2S2/c1-13-2-8-17(9-3-13)22(19,20)18-16-6-4-14(5-7-16)15-10-11-21-12-15/h2-12,18H,1H3. The van der Waals surface area contributed by atoms with Crippen molar-refractivity contribution in [3.8, 4) is 11.1 Å². The van der Waals surface area contributed by atoms with Crippen molar-refractivity contribution >= 4 is 27.0 Å². The van der Waals surface area contributed by atoms with Crippen LogP contribution in [0.2, 0.25) is 0 Å². The third-order valence-electron chi connectivity index (χ3n) is 3.32. The Balaban J connectivity index is 1.82. The number of hydrogen-bond acceptors (Lipinski definition) is 3. The topological polar surface area (TPSA) is 46.2 Å². The highest BCUT2D eigenvalue weighted by Crippen LogP contribution is 2.24. The zero-order valence-electron chi connectivity index (χ0n) is 12.0. The normalized spacial score (nSPS) is 11.3. The van der Waals surface area contributed by atoms with Crippen LogP contribution in [0.15, 0.2) is 70.3 Å². The summed E-state index contributed by atoms with van der Waals surface area (Å²) in [6.45, 7) is 1.92. The van der Waals surface area contributed by atoms with Gasteiger partial charge in [-0.05, 0) is 59.1 Å². The molecule has 1 aromatic heterocycles. The van der Waals surface area contributed by atoms with Crippen LogP contribution < -0.4 is 4.72 Å². The summed E-state index contributed by atoms with van der Waals surface area (Å²) >= 11 is 1.64. The van der Waals surface area contributed by atoms with E-state index in [-0.39, 0.29) is 4.90 Å². The fourth-order valence-corrected chi connectivity index (χ4v) is 3.81. The summed E-state index contributed by atoms with van der Waals surface area (Å²) in [5.41, 5.74) is 3.79. The van der Waals surface area contributed by atoms with Crippen molar-refractivity contribution in [2.24, 2.45) is 0 Å². The van der Waals surface area contributed by atoms with Crippen molar-refractivity contribution in [1.29, 1.82) is 0 Å². The van der Waals surface area contributed by atoms with E-state index >= 15 is 0 Å². The molecule has 0 radical (unpaired) electrons. The number of thiophene rings is 1. The molecule has 0 aliphatic carbocycles. The molecule has 0 bridgehead atoms. The molecule has 3 rings (SSSR count). The molecule has 0 atom stereocenters. The molecule has 0 saturated heterocycles. The van der Waals surface area contributed by atoms with Gasteiger partial charge in [-0.3, -0.25) is 4.72 Å². The van der Waals surface area contributed by atoms with Crippen LogP contribution in [-0.2, 0) is 10.0 Å². The van der Waals surface area contributed by atoms with E-state index in [4.69, 9.17) is 0 Å². The fourth-order valence-electron chi connectivity index (χ4n) is 2.09. The summed E-state index contributed by atoms with van der Waals surface area (Å²) in [5, 5.41) is 4.08. The Hall–Kier alpha value is -2.11. The van der Waals surface area contributed by atoms with E-state index in [1.807, 2.05) is 30.5 Å². The van der Waals surface area contributed by atoms with E-state index in [9.17, 15) is 8.42 Å². The van der Waals surface area contributed by atoms with E-state index in [0.717, 1.165) is 16.7 Å². The highest BCUT2D eigenvalue weighted by atomic mass is 32.2. The lowest BCUT2D eigenvalue weighted by atomic mass is 10.1. The summed E-state index contributed by atoms with van der Waals surface area (Å²) in [5.74, 6) is 0. The first-order valence-electron chi connectivity index (χ1n) is 6.77. The molecule has 0 spiro atoms. The summed E-state index contributed by atoms with van der Waals surface area (Å²) in [6, 6.07) is 16.2. The van der Waals surface area contributed by atoms with Gasteiger partial charge < -0.3 is 0 Å². The van der Waals surface area contributed by atoms with Crippen LogP contribution in [0.3, 0.4) is 0 Å². The van der Waals surface area contributed by atoms with E-state index in [2.05, 4.69) is 10.1 Å². The molecule has 3 aromatic rings. The molecule has 2 aromatic carbocycles. The molecular weight excluding hydrogens is 314 g/mol. The number of aryl methyl sites for hydroxylation is 1. The monoisotopic (exact) mass is 329 g/mol. The number of hydrogen-bond donors (Lipinski definition) is 1. The Morgan fingerprint density at radius 1 is 0.864 bits per heavy atom. The van der Waals surface area contributed by atoms with Crippen LogP contribution in [0.25, 0.3) is 11.1 Å². The first kappa shape index (κ1) is 14.8. The Bertz CT molecular complexity index is 850. The number of benzene rings is 2. The molecule has 0 aliphatic rings. The number of sulfonamides is 1. The van der Waals surface area contributed by atoms with Crippen molar-refractivity contribution in [3.63, 3.8) is 0 Å². The Kier molecular flexibility index (Phi) is 4.00. The minimum absolute atomic E-state index is 0.264. The average molecular weight is 329 g/mol. The highest BCUT2D eigenvalue weighted by molar-refractivity contribution is 7.92.